The highest BCUT2D eigenvalue weighted by atomic mass is 16.4. The van der Waals surface area contributed by atoms with E-state index in [4.69, 9.17) is 15.3 Å². The number of pyridine rings is 1. The van der Waals surface area contributed by atoms with E-state index in [2.05, 4.69) is 24.0 Å². The molecule has 0 fully saturated rings. The number of hydrogen-bond acceptors (Lipinski definition) is 5. The van der Waals surface area contributed by atoms with Gasteiger partial charge in [-0.3, -0.25) is 9.58 Å². The van der Waals surface area contributed by atoms with E-state index in [0.29, 0.717) is 42.5 Å². The first-order valence-electron chi connectivity index (χ1n) is 11.7. The largest absolute Gasteiger partial charge is 0.478 e. The van der Waals surface area contributed by atoms with Crippen LogP contribution in [0, 0.1) is 11.3 Å². The number of likely N-dealkylation sites (N-methyl/N-ethyl adjacent to an activating group) is 1. The third-order valence-electron chi connectivity index (χ3n) is 6.35. The molecule has 1 N–H and O–H groups in total. The standard InChI is InChI=1S/C28H25N5O2/c1-2-32-16-20(27-23(18-32)25(28(34)35)22-11-6-7-12-24(22)30-27)15-21-17-33(14-8-13-29)31-26(21)19-9-4-3-5-10-19/h3-7,9-12,15,17H,2,8,14,16,18H2,1H3,(H,34,35)/b20-15-. The average molecular weight is 464 g/mol. The zero-order chi connectivity index (χ0) is 24.4. The van der Waals surface area contributed by atoms with Gasteiger partial charge in [0.25, 0.3) is 0 Å². The van der Waals surface area contributed by atoms with Gasteiger partial charge in [-0.25, -0.2) is 9.78 Å². The molecule has 0 atom stereocenters. The molecular weight excluding hydrogens is 438 g/mol. The maximum atomic E-state index is 12.4. The highest BCUT2D eigenvalue weighted by Crippen LogP contribution is 2.35. The van der Waals surface area contributed by atoms with Crippen molar-refractivity contribution >= 4 is 28.5 Å². The molecule has 4 aromatic rings. The molecule has 0 unspecified atom stereocenters. The van der Waals surface area contributed by atoms with Gasteiger partial charge < -0.3 is 5.11 Å². The zero-order valence-corrected chi connectivity index (χ0v) is 19.5. The van der Waals surface area contributed by atoms with Crippen molar-refractivity contribution in [2.75, 3.05) is 13.1 Å². The number of para-hydroxylation sites is 1. The molecule has 35 heavy (non-hydrogen) atoms. The molecular formula is C28H25N5O2. The summed E-state index contributed by atoms with van der Waals surface area (Å²) < 4.78 is 1.80. The van der Waals surface area contributed by atoms with Gasteiger partial charge in [0.2, 0.25) is 0 Å². The van der Waals surface area contributed by atoms with Gasteiger partial charge in [0.15, 0.2) is 0 Å². The van der Waals surface area contributed by atoms with E-state index in [0.717, 1.165) is 40.2 Å². The summed E-state index contributed by atoms with van der Waals surface area (Å²) in [5, 5.41) is 24.6. The lowest BCUT2D eigenvalue weighted by molar-refractivity contribution is 0.0696. The fourth-order valence-electron chi connectivity index (χ4n) is 4.68. The first-order valence-corrected chi connectivity index (χ1v) is 11.7. The van der Waals surface area contributed by atoms with Crippen molar-refractivity contribution in [1.29, 1.82) is 5.26 Å². The molecule has 2 aromatic heterocycles. The van der Waals surface area contributed by atoms with Crippen molar-refractivity contribution in [3.05, 3.63) is 83.2 Å². The summed E-state index contributed by atoms with van der Waals surface area (Å²) in [5.41, 5.74) is 6.15. The van der Waals surface area contributed by atoms with Crippen molar-refractivity contribution in [1.82, 2.24) is 19.7 Å². The molecule has 0 spiro atoms. The molecule has 7 nitrogen and oxygen atoms in total. The third kappa shape index (κ3) is 4.32. The number of fused-ring (bicyclic) bond motifs is 2. The third-order valence-corrected chi connectivity index (χ3v) is 6.35. The van der Waals surface area contributed by atoms with Crippen molar-refractivity contribution in [2.24, 2.45) is 0 Å². The molecule has 5 rings (SSSR count). The lowest BCUT2D eigenvalue weighted by Gasteiger charge is -2.30. The Hall–Kier alpha value is -4.28. The minimum atomic E-state index is -0.938. The number of aryl methyl sites for hydroxylation is 1. The molecule has 0 amide bonds. The van der Waals surface area contributed by atoms with Crippen LogP contribution in [0.5, 0.6) is 0 Å². The smallest absolute Gasteiger partial charge is 0.336 e. The van der Waals surface area contributed by atoms with E-state index >= 15 is 0 Å². The molecule has 3 heterocycles. The van der Waals surface area contributed by atoms with Gasteiger partial charge in [0.05, 0.1) is 41.5 Å². The molecule has 7 heteroatoms. The van der Waals surface area contributed by atoms with Crippen LogP contribution < -0.4 is 0 Å². The van der Waals surface area contributed by atoms with Crippen LogP contribution in [0.25, 0.3) is 33.8 Å². The number of carbonyl (C=O) groups is 1. The highest BCUT2D eigenvalue weighted by Gasteiger charge is 2.28. The number of carboxylic acids is 1. The van der Waals surface area contributed by atoms with Crippen molar-refractivity contribution < 1.29 is 9.90 Å². The zero-order valence-electron chi connectivity index (χ0n) is 19.5. The van der Waals surface area contributed by atoms with E-state index < -0.39 is 5.97 Å². The summed E-state index contributed by atoms with van der Waals surface area (Å²) >= 11 is 0. The van der Waals surface area contributed by atoms with Crippen LogP contribution in [0.2, 0.25) is 0 Å². The first kappa shape index (κ1) is 22.5. The van der Waals surface area contributed by atoms with E-state index in [-0.39, 0.29) is 0 Å². The number of aromatic carboxylic acids is 1. The van der Waals surface area contributed by atoms with E-state index in [9.17, 15) is 9.90 Å². The number of hydrogen-bond donors (Lipinski definition) is 1. The van der Waals surface area contributed by atoms with Crippen LogP contribution in [-0.4, -0.2) is 43.8 Å². The van der Waals surface area contributed by atoms with Crippen molar-refractivity contribution in [3.63, 3.8) is 0 Å². The molecule has 1 aliphatic rings. The van der Waals surface area contributed by atoms with E-state index in [1.807, 2.05) is 60.8 Å². The van der Waals surface area contributed by atoms with Crippen LogP contribution in [0.4, 0.5) is 0 Å². The van der Waals surface area contributed by atoms with Gasteiger partial charge in [-0.1, -0.05) is 55.5 Å². The number of benzene rings is 2. The minimum absolute atomic E-state index is 0.322. The highest BCUT2D eigenvalue weighted by molar-refractivity contribution is 6.06. The number of rotatable bonds is 6. The van der Waals surface area contributed by atoms with Gasteiger partial charge >= 0.3 is 5.97 Å². The van der Waals surface area contributed by atoms with Gasteiger partial charge in [0.1, 0.15) is 0 Å². The monoisotopic (exact) mass is 463 g/mol. The summed E-state index contributed by atoms with van der Waals surface area (Å²) in [5.74, 6) is -0.938. The number of nitrogens with zero attached hydrogens (tertiary/aromatic N) is 5. The number of carboxylic acid groups (broad SMARTS) is 1. The lowest BCUT2D eigenvalue weighted by atomic mass is 9.92. The number of nitriles is 1. The Morgan fingerprint density at radius 1 is 1.11 bits per heavy atom. The fourth-order valence-corrected chi connectivity index (χ4v) is 4.68. The van der Waals surface area contributed by atoms with Crippen molar-refractivity contribution in [2.45, 2.75) is 26.4 Å². The summed E-state index contributed by atoms with van der Waals surface area (Å²) in [7, 11) is 0. The topological polar surface area (TPSA) is 95.0 Å². The van der Waals surface area contributed by atoms with Crippen LogP contribution in [0.3, 0.4) is 0 Å². The van der Waals surface area contributed by atoms with Crippen LogP contribution in [0.15, 0.2) is 60.8 Å². The Balaban J connectivity index is 1.72. The van der Waals surface area contributed by atoms with Gasteiger partial charge in [0, 0.05) is 41.4 Å². The SMILES string of the molecule is CCN1C/C(=C/c2cn(CCC#N)nc2-c2ccccc2)c2nc3ccccc3c(C(=O)O)c2C1. The number of aromatic nitrogens is 3. The van der Waals surface area contributed by atoms with E-state index in [1.165, 1.54) is 0 Å². The maximum absolute atomic E-state index is 12.4. The normalized spacial score (nSPS) is 14.7. The molecule has 0 radical (unpaired) electrons. The van der Waals surface area contributed by atoms with Crippen LogP contribution in [-0.2, 0) is 13.1 Å². The Labute approximate surface area is 203 Å². The molecule has 0 aliphatic carbocycles. The molecule has 0 saturated heterocycles. The summed E-state index contributed by atoms with van der Waals surface area (Å²) in [6, 6.07) is 19.5. The second-order valence-corrected chi connectivity index (χ2v) is 8.58. The molecule has 2 aromatic carbocycles. The van der Waals surface area contributed by atoms with Gasteiger partial charge in [-0.2, -0.15) is 10.4 Å². The average Bonchev–Trinajstić information content (AvgIpc) is 3.28. The first-order chi connectivity index (χ1) is 17.1. The summed E-state index contributed by atoms with van der Waals surface area (Å²) in [4.78, 5) is 19.5. The maximum Gasteiger partial charge on any atom is 0.336 e. The molecule has 0 bridgehead atoms. The van der Waals surface area contributed by atoms with E-state index in [1.54, 1.807) is 4.68 Å². The minimum Gasteiger partial charge on any atom is -0.478 e. The second-order valence-electron chi connectivity index (χ2n) is 8.58. The molecule has 0 saturated carbocycles. The predicted molar refractivity (Wildman–Crippen MR) is 135 cm³/mol. The van der Waals surface area contributed by atoms with Crippen LogP contribution in [0.1, 0.15) is 40.5 Å². The Kier molecular flexibility index (Phi) is 6.13. The summed E-state index contributed by atoms with van der Waals surface area (Å²) in [6.45, 7) is 4.56. The quantitative estimate of drug-likeness (QED) is 0.428. The Morgan fingerprint density at radius 2 is 1.89 bits per heavy atom. The van der Waals surface area contributed by atoms with Gasteiger partial charge in [-0.05, 0) is 24.3 Å². The summed E-state index contributed by atoms with van der Waals surface area (Å²) in [6.07, 6.45) is 4.40. The predicted octanol–water partition coefficient (Wildman–Crippen LogP) is 5.09. The Morgan fingerprint density at radius 3 is 2.63 bits per heavy atom. The van der Waals surface area contributed by atoms with Gasteiger partial charge in [-0.15, -0.1) is 0 Å². The fraction of sp³-hybridized carbons (Fsp3) is 0.214. The Bertz CT molecular complexity index is 1480. The van der Waals surface area contributed by atoms with Crippen LogP contribution >= 0.6 is 0 Å². The second kappa shape index (κ2) is 9.53. The lowest BCUT2D eigenvalue weighted by Crippen LogP contribution is -2.31. The molecule has 1 aliphatic heterocycles. The van der Waals surface area contributed by atoms with Crippen molar-refractivity contribution in [3.8, 4) is 17.3 Å². The molecule has 174 valence electrons.